The molecule has 0 atom stereocenters. The van der Waals surface area contributed by atoms with Crippen molar-refractivity contribution in [2.75, 3.05) is 19.3 Å². The van der Waals surface area contributed by atoms with E-state index in [1.807, 2.05) is 54.8 Å². The van der Waals surface area contributed by atoms with Crippen molar-refractivity contribution in [1.82, 2.24) is 4.90 Å². The van der Waals surface area contributed by atoms with Crippen LogP contribution in [0, 0.1) is 0 Å². The van der Waals surface area contributed by atoms with Gasteiger partial charge in [0.15, 0.2) is 5.17 Å². The number of amidine groups is 1. The number of fused-ring (bicyclic) bond motifs is 2. The number of hydrogen-bond donors (Lipinski definition) is 0. The first-order valence-electron chi connectivity index (χ1n) is 7.55. The van der Waals surface area contributed by atoms with Crippen LogP contribution in [0.15, 0.2) is 53.5 Å². The molecule has 116 valence electrons. The van der Waals surface area contributed by atoms with Crippen LogP contribution in [-0.2, 0) is 4.79 Å². The Kier molecular flexibility index (Phi) is 3.58. The molecule has 4 rings (SSSR count). The molecule has 4 nitrogen and oxygen atoms in total. The Morgan fingerprint density at radius 1 is 1.13 bits per heavy atom. The van der Waals surface area contributed by atoms with E-state index in [9.17, 15) is 4.79 Å². The second kappa shape index (κ2) is 5.74. The first kappa shape index (κ1) is 14.3. The van der Waals surface area contributed by atoms with Gasteiger partial charge in [-0.15, -0.1) is 0 Å². The lowest BCUT2D eigenvalue weighted by Crippen LogP contribution is -2.37. The zero-order chi connectivity index (χ0) is 15.8. The summed E-state index contributed by atoms with van der Waals surface area (Å²) in [5, 5.41) is 0.802. The lowest BCUT2D eigenvalue weighted by molar-refractivity contribution is -0.127. The third kappa shape index (κ3) is 2.32. The molecular formula is C18H16N2O2S. The standard InChI is InChI=1S/C18H16N2O2S/c1-23-18-19-10-11-20(18)17(21)16-12-6-2-4-8-14(12)22-15-9-5-3-7-13(15)16/h2-9,16H,10-11H2,1H3. The minimum Gasteiger partial charge on any atom is -0.457 e. The van der Waals surface area contributed by atoms with Crippen LogP contribution in [0.1, 0.15) is 17.0 Å². The summed E-state index contributed by atoms with van der Waals surface area (Å²) in [6.07, 6.45) is 1.95. The summed E-state index contributed by atoms with van der Waals surface area (Å²) in [5.41, 5.74) is 1.84. The Balaban J connectivity index is 1.81. The predicted molar refractivity (Wildman–Crippen MR) is 92.3 cm³/mol. The molecule has 0 saturated carbocycles. The van der Waals surface area contributed by atoms with E-state index in [1.54, 1.807) is 4.90 Å². The van der Waals surface area contributed by atoms with Crippen molar-refractivity contribution in [1.29, 1.82) is 0 Å². The van der Waals surface area contributed by atoms with E-state index in [4.69, 9.17) is 4.74 Å². The SMILES string of the molecule is CSC1=NCCN1C(=O)C1c2ccccc2Oc2ccccc21. The van der Waals surface area contributed by atoms with Crippen LogP contribution in [0.4, 0.5) is 0 Å². The van der Waals surface area contributed by atoms with Gasteiger partial charge in [0, 0.05) is 17.7 Å². The summed E-state index contributed by atoms with van der Waals surface area (Å²) >= 11 is 1.52. The van der Waals surface area contributed by atoms with E-state index < -0.39 is 0 Å². The maximum atomic E-state index is 13.3. The van der Waals surface area contributed by atoms with Crippen LogP contribution >= 0.6 is 11.8 Å². The maximum Gasteiger partial charge on any atom is 0.240 e. The number of rotatable bonds is 1. The molecule has 2 aliphatic rings. The van der Waals surface area contributed by atoms with Gasteiger partial charge in [0.05, 0.1) is 12.5 Å². The molecule has 0 N–H and O–H groups in total. The van der Waals surface area contributed by atoms with Gasteiger partial charge in [-0.05, 0) is 18.4 Å². The minimum absolute atomic E-state index is 0.0683. The molecule has 2 aromatic rings. The highest BCUT2D eigenvalue weighted by atomic mass is 32.2. The average Bonchev–Trinajstić information content (AvgIpc) is 3.07. The van der Waals surface area contributed by atoms with Crippen LogP contribution in [0.2, 0.25) is 0 Å². The Morgan fingerprint density at radius 2 is 1.74 bits per heavy atom. The molecule has 0 aromatic heterocycles. The van der Waals surface area contributed by atoms with Gasteiger partial charge < -0.3 is 4.74 Å². The number of aliphatic imine (C=N–C) groups is 1. The highest BCUT2D eigenvalue weighted by molar-refractivity contribution is 8.13. The summed E-state index contributed by atoms with van der Waals surface area (Å²) in [4.78, 5) is 19.5. The lowest BCUT2D eigenvalue weighted by atomic mass is 9.87. The molecule has 2 aliphatic heterocycles. The van der Waals surface area contributed by atoms with E-state index in [0.29, 0.717) is 13.1 Å². The van der Waals surface area contributed by atoms with Gasteiger partial charge in [-0.1, -0.05) is 48.2 Å². The van der Waals surface area contributed by atoms with E-state index in [1.165, 1.54) is 11.8 Å². The number of thioether (sulfide) groups is 1. The molecule has 5 heteroatoms. The monoisotopic (exact) mass is 324 g/mol. The fourth-order valence-corrected chi connectivity index (χ4v) is 3.76. The summed E-state index contributed by atoms with van der Waals surface area (Å²) in [5.74, 6) is 1.24. The van der Waals surface area contributed by atoms with Gasteiger partial charge in [0.1, 0.15) is 11.5 Å². The molecule has 0 spiro atoms. The topological polar surface area (TPSA) is 41.9 Å². The van der Waals surface area contributed by atoms with E-state index in [0.717, 1.165) is 27.8 Å². The minimum atomic E-state index is -0.341. The second-order valence-electron chi connectivity index (χ2n) is 5.47. The van der Waals surface area contributed by atoms with Gasteiger partial charge in [0.25, 0.3) is 0 Å². The molecule has 0 aliphatic carbocycles. The fourth-order valence-electron chi connectivity index (χ4n) is 3.14. The number of hydrogen-bond acceptors (Lipinski definition) is 4. The molecule has 0 radical (unpaired) electrons. The molecule has 0 bridgehead atoms. The summed E-state index contributed by atoms with van der Waals surface area (Å²) in [6, 6.07) is 15.5. The first-order chi connectivity index (χ1) is 11.3. The quantitative estimate of drug-likeness (QED) is 0.806. The van der Waals surface area contributed by atoms with Crippen molar-refractivity contribution in [3.8, 4) is 11.5 Å². The zero-order valence-electron chi connectivity index (χ0n) is 12.7. The normalized spacial score (nSPS) is 16.4. The Morgan fingerprint density at radius 3 is 2.35 bits per heavy atom. The van der Waals surface area contributed by atoms with Crippen LogP contribution in [-0.4, -0.2) is 35.3 Å². The first-order valence-corrected chi connectivity index (χ1v) is 8.77. The van der Waals surface area contributed by atoms with E-state index in [2.05, 4.69) is 4.99 Å². The lowest BCUT2D eigenvalue weighted by Gasteiger charge is -2.30. The zero-order valence-corrected chi connectivity index (χ0v) is 13.5. The van der Waals surface area contributed by atoms with Crippen molar-refractivity contribution < 1.29 is 9.53 Å². The number of benzene rings is 2. The molecule has 2 heterocycles. The Hall–Kier alpha value is -2.27. The predicted octanol–water partition coefficient (Wildman–Crippen LogP) is 3.49. The highest BCUT2D eigenvalue weighted by Crippen LogP contribution is 2.44. The number of carbonyl (C=O) groups is 1. The number of ether oxygens (including phenoxy) is 1. The number of nitrogens with zero attached hydrogens (tertiary/aromatic N) is 2. The molecule has 1 amide bonds. The molecule has 2 aromatic carbocycles. The van der Waals surface area contributed by atoms with Crippen molar-refractivity contribution in [3.63, 3.8) is 0 Å². The third-order valence-corrected chi connectivity index (χ3v) is 4.89. The summed E-state index contributed by atoms with van der Waals surface area (Å²) in [6.45, 7) is 1.32. The van der Waals surface area contributed by atoms with Gasteiger partial charge in [-0.25, -0.2) is 0 Å². The van der Waals surface area contributed by atoms with E-state index in [-0.39, 0.29) is 11.8 Å². The second-order valence-corrected chi connectivity index (χ2v) is 6.24. The van der Waals surface area contributed by atoms with Gasteiger partial charge in [-0.3, -0.25) is 14.7 Å². The average molecular weight is 324 g/mol. The molecule has 0 fully saturated rings. The van der Waals surface area contributed by atoms with Crippen LogP contribution in [0.3, 0.4) is 0 Å². The largest absolute Gasteiger partial charge is 0.457 e. The van der Waals surface area contributed by atoms with Gasteiger partial charge in [-0.2, -0.15) is 0 Å². The van der Waals surface area contributed by atoms with Crippen LogP contribution < -0.4 is 4.74 Å². The molecule has 0 unspecified atom stereocenters. The summed E-state index contributed by atoms with van der Waals surface area (Å²) in [7, 11) is 0. The maximum absolute atomic E-state index is 13.3. The fraction of sp³-hybridized carbons (Fsp3) is 0.222. The molecule has 23 heavy (non-hydrogen) atoms. The van der Waals surface area contributed by atoms with Crippen molar-refractivity contribution in [3.05, 3.63) is 59.7 Å². The summed E-state index contributed by atoms with van der Waals surface area (Å²) < 4.78 is 5.97. The number of carbonyl (C=O) groups excluding carboxylic acids is 1. The highest BCUT2D eigenvalue weighted by Gasteiger charge is 2.37. The smallest absolute Gasteiger partial charge is 0.240 e. The Bertz CT molecular complexity index is 758. The molecule has 0 saturated heterocycles. The number of amides is 1. The third-order valence-electron chi connectivity index (χ3n) is 4.18. The van der Waals surface area contributed by atoms with Gasteiger partial charge in [0.2, 0.25) is 5.91 Å². The van der Waals surface area contributed by atoms with E-state index >= 15 is 0 Å². The van der Waals surface area contributed by atoms with Crippen molar-refractivity contribution in [2.24, 2.45) is 4.99 Å². The van der Waals surface area contributed by atoms with Crippen molar-refractivity contribution >= 4 is 22.8 Å². The molecular weight excluding hydrogens is 308 g/mol. The van der Waals surface area contributed by atoms with Crippen molar-refractivity contribution in [2.45, 2.75) is 5.92 Å². The van der Waals surface area contributed by atoms with Gasteiger partial charge >= 0.3 is 0 Å². The van der Waals surface area contributed by atoms with Crippen LogP contribution in [0.5, 0.6) is 11.5 Å². The number of para-hydroxylation sites is 2. The van der Waals surface area contributed by atoms with Crippen LogP contribution in [0.25, 0.3) is 0 Å². The Labute approximate surface area is 139 Å².